The fourth-order valence-electron chi connectivity index (χ4n) is 1.50. The van der Waals surface area contributed by atoms with Crippen molar-refractivity contribution >= 4 is 22.4 Å². The summed E-state index contributed by atoms with van der Waals surface area (Å²) in [7, 11) is -1.70. The molecule has 2 atom stereocenters. The van der Waals surface area contributed by atoms with Crippen LogP contribution in [0.3, 0.4) is 0 Å². The van der Waals surface area contributed by atoms with E-state index < -0.39 is 28.4 Å². The van der Waals surface area contributed by atoms with Crippen LogP contribution in [-0.2, 0) is 15.6 Å². The van der Waals surface area contributed by atoms with Crippen molar-refractivity contribution in [1.82, 2.24) is 0 Å². The molecule has 1 aromatic carbocycles. The molecule has 1 aliphatic rings. The normalized spacial score (nSPS) is 24.6. The van der Waals surface area contributed by atoms with Crippen molar-refractivity contribution in [3.63, 3.8) is 0 Å². The Morgan fingerprint density at radius 2 is 2.12 bits per heavy atom. The lowest BCUT2D eigenvalue weighted by Gasteiger charge is -2.06. The highest BCUT2D eigenvalue weighted by Crippen LogP contribution is 2.29. The molecule has 0 aliphatic carbocycles. The summed E-state index contributed by atoms with van der Waals surface area (Å²) in [6.45, 7) is 1.59. The number of hydrogen-bond acceptors (Lipinski definition) is 2. The first-order valence-corrected chi connectivity index (χ1v) is 6.00. The maximum Gasteiger partial charge on any atom is 0.228 e. The number of hydrogen-bond donors (Lipinski definition) is 1. The highest BCUT2D eigenvalue weighted by Gasteiger charge is 2.28. The van der Waals surface area contributed by atoms with E-state index >= 15 is 0 Å². The van der Waals surface area contributed by atoms with Gasteiger partial charge in [0.15, 0.2) is 11.6 Å². The molecule has 1 amide bonds. The molecule has 16 heavy (non-hydrogen) atoms. The Hall–Kier alpha value is -1.30. The van der Waals surface area contributed by atoms with Crippen LogP contribution in [0.15, 0.2) is 17.0 Å². The zero-order valence-electron chi connectivity index (χ0n) is 8.42. The standard InChI is InChI=1S/C10H9F2NO2S/c1-5-4-16(15)9-7(13-10(5)14)3-2-6(11)8(9)12/h2-3,5H,4H2,1H3,(H,13,14). The van der Waals surface area contributed by atoms with Crippen LogP contribution < -0.4 is 5.32 Å². The fraction of sp³-hybridized carbons (Fsp3) is 0.300. The molecule has 1 N–H and O–H groups in total. The van der Waals surface area contributed by atoms with E-state index in [1.54, 1.807) is 6.92 Å². The second-order valence-corrected chi connectivity index (χ2v) is 5.07. The molecule has 0 bridgehead atoms. The molecular formula is C10H9F2NO2S. The van der Waals surface area contributed by atoms with Crippen molar-refractivity contribution < 1.29 is 17.8 Å². The third-order valence-electron chi connectivity index (χ3n) is 2.38. The number of nitrogens with one attached hydrogen (secondary N) is 1. The van der Waals surface area contributed by atoms with E-state index in [-0.39, 0.29) is 22.2 Å². The van der Waals surface area contributed by atoms with Gasteiger partial charge in [0.05, 0.1) is 16.5 Å². The van der Waals surface area contributed by atoms with Gasteiger partial charge in [0, 0.05) is 11.7 Å². The molecule has 0 spiro atoms. The molecule has 0 aromatic heterocycles. The van der Waals surface area contributed by atoms with Crippen LogP contribution in [-0.4, -0.2) is 15.9 Å². The van der Waals surface area contributed by atoms with Crippen molar-refractivity contribution in [3.8, 4) is 0 Å². The van der Waals surface area contributed by atoms with Gasteiger partial charge in [0.2, 0.25) is 5.91 Å². The van der Waals surface area contributed by atoms with E-state index in [2.05, 4.69) is 5.32 Å². The zero-order valence-corrected chi connectivity index (χ0v) is 9.24. The molecule has 0 fully saturated rings. The molecule has 6 heteroatoms. The van der Waals surface area contributed by atoms with Crippen LogP contribution >= 0.6 is 0 Å². The van der Waals surface area contributed by atoms with Gasteiger partial charge in [0.1, 0.15) is 4.90 Å². The number of anilines is 1. The molecule has 2 rings (SSSR count). The number of amides is 1. The summed E-state index contributed by atoms with van der Waals surface area (Å²) in [4.78, 5) is 11.2. The predicted molar refractivity (Wildman–Crippen MR) is 55.4 cm³/mol. The largest absolute Gasteiger partial charge is 0.325 e. The number of carbonyl (C=O) groups excluding carboxylic acids is 1. The van der Waals surface area contributed by atoms with E-state index in [9.17, 15) is 17.8 Å². The molecule has 2 unspecified atom stereocenters. The van der Waals surface area contributed by atoms with Crippen LogP contribution in [0.5, 0.6) is 0 Å². The first kappa shape index (κ1) is 11.2. The third kappa shape index (κ3) is 1.73. The van der Waals surface area contributed by atoms with Gasteiger partial charge in [-0.25, -0.2) is 8.78 Å². The molecule has 1 heterocycles. The fourth-order valence-corrected chi connectivity index (χ4v) is 2.93. The molecule has 0 saturated heterocycles. The quantitative estimate of drug-likeness (QED) is 0.755. The van der Waals surface area contributed by atoms with Gasteiger partial charge in [-0.3, -0.25) is 9.00 Å². The van der Waals surface area contributed by atoms with E-state index in [1.807, 2.05) is 0 Å². The Morgan fingerprint density at radius 1 is 1.44 bits per heavy atom. The van der Waals surface area contributed by atoms with Crippen LogP contribution in [0, 0.1) is 17.6 Å². The SMILES string of the molecule is CC1CS(=O)c2c(ccc(F)c2F)NC1=O. The van der Waals surface area contributed by atoms with Crippen molar-refractivity contribution in [2.75, 3.05) is 11.1 Å². The molecule has 3 nitrogen and oxygen atoms in total. The van der Waals surface area contributed by atoms with Crippen LogP contribution in [0.25, 0.3) is 0 Å². The lowest BCUT2D eigenvalue weighted by molar-refractivity contribution is -0.118. The van der Waals surface area contributed by atoms with E-state index in [0.29, 0.717) is 0 Å². The van der Waals surface area contributed by atoms with E-state index in [4.69, 9.17) is 0 Å². The third-order valence-corrected chi connectivity index (χ3v) is 4.04. The average molecular weight is 245 g/mol. The molecular weight excluding hydrogens is 236 g/mol. The summed E-state index contributed by atoms with van der Waals surface area (Å²) in [6.07, 6.45) is 0. The van der Waals surface area contributed by atoms with Crippen molar-refractivity contribution in [1.29, 1.82) is 0 Å². The predicted octanol–water partition coefficient (Wildman–Crippen LogP) is 1.66. The van der Waals surface area contributed by atoms with Gasteiger partial charge in [-0.05, 0) is 12.1 Å². The molecule has 1 aliphatic heterocycles. The highest BCUT2D eigenvalue weighted by atomic mass is 32.2. The summed E-state index contributed by atoms with van der Waals surface area (Å²) in [5, 5.41) is 2.43. The molecule has 0 saturated carbocycles. The monoisotopic (exact) mass is 245 g/mol. The first-order chi connectivity index (χ1) is 7.50. The summed E-state index contributed by atoms with van der Waals surface area (Å²) in [5.41, 5.74) is 0.0894. The van der Waals surface area contributed by atoms with Crippen LogP contribution in [0.4, 0.5) is 14.5 Å². The van der Waals surface area contributed by atoms with Gasteiger partial charge in [0.25, 0.3) is 0 Å². The zero-order chi connectivity index (χ0) is 11.9. The topological polar surface area (TPSA) is 46.2 Å². The minimum Gasteiger partial charge on any atom is -0.325 e. The van der Waals surface area contributed by atoms with Gasteiger partial charge in [-0.15, -0.1) is 0 Å². The maximum atomic E-state index is 13.4. The van der Waals surface area contributed by atoms with Crippen molar-refractivity contribution in [2.45, 2.75) is 11.8 Å². The molecule has 86 valence electrons. The lowest BCUT2D eigenvalue weighted by Crippen LogP contribution is -2.21. The Balaban J connectivity index is 2.60. The number of fused-ring (bicyclic) bond motifs is 1. The maximum absolute atomic E-state index is 13.4. The van der Waals surface area contributed by atoms with Gasteiger partial charge < -0.3 is 5.32 Å². The number of benzene rings is 1. The summed E-state index contributed by atoms with van der Waals surface area (Å²) < 4.78 is 38.2. The number of halogens is 2. The minimum atomic E-state index is -1.70. The Morgan fingerprint density at radius 3 is 2.81 bits per heavy atom. The summed E-state index contributed by atoms with van der Waals surface area (Å²) >= 11 is 0. The van der Waals surface area contributed by atoms with Gasteiger partial charge in [-0.1, -0.05) is 6.92 Å². The minimum absolute atomic E-state index is 0.000787. The van der Waals surface area contributed by atoms with Gasteiger partial charge in [-0.2, -0.15) is 0 Å². The second kappa shape index (κ2) is 3.93. The number of carbonyl (C=O) groups is 1. The smallest absolute Gasteiger partial charge is 0.228 e. The molecule has 1 aromatic rings. The first-order valence-electron chi connectivity index (χ1n) is 4.68. The highest BCUT2D eigenvalue weighted by molar-refractivity contribution is 7.85. The van der Waals surface area contributed by atoms with E-state index in [1.165, 1.54) is 6.07 Å². The van der Waals surface area contributed by atoms with E-state index in [0.717, 1.165) is 6.07 Å². The Bertz CT molecular complexity index is 490. The van der Waals surface area contributed by atoms with Gasteiger partial charge >= 0.3 is 0 Å². The van der Waals surface area contributed by atoms with Crippen LogP contribution in [0.1, 0.15) is 6.92 Å². The Kier molecular flexibility index (Phi) is 2.75. The summed E-state index contributed by atoms with van der Waals surface area (Å²) in [5.74, 6) is -3.03. The number of rotatable bonds is 0. The average Bonchev–Trinajstić information content (AvgIpc) is 2.32. The molecule has 0 radical (unpaired) electrons. The van der Waals surface area contributed by atoms with Crippen molar-refractivity contribution in [2.24, 2.45) is 5.92 Å². The second-order valence-electron chi connectivity index (χ2n) is 3.64. The summed E-state index contributed by atoms with van der Waals surface area (Å²) in [6, 6.07) is 2.13. The van der Waals surface area contributed by atoms with Crippen LogP contribution in [0.2, 0.25) is 0 Å². The van der Waals surface area contributed by atoms with Crippen molar-refractivity contribution in [3.05, 3.63) is 23.8 Å². The lowest BCUT2D eigenvalue weighted by atomic mass is 10.2. The Labute approximate surface area is 93.3 Å².